The van der Waals surface area contributed by atoms with Gasteiger partial charge < -0.3 is 21.3 Å². The molecule has 660 valence electrons. The molecule has 25 heteroatoms. The molecule has 0 aliphatic heterocycles. The molecule has 20 rings (SSSR count). The second-order valence-corrected chi connectivity index (χ2v) is 32.3. The zero-order valence-corrected chi connectivity index (χ0v) is 74.1. The number of aryl methyl sites for hydroxylation is 9. The summed E-state index contributed by atoms with van der Waals surface area (Å²) >= 11 is 0. The summed E-state index contributed by atoms with van der Waals surface area (Å²) in [6.07, 6.45) is 21.1. The second kappa shape index (κ2) is 38.5. The molecule has 0 spiro atoms. The fraction of sp³-hybridized carbons (Fsp3) is 0.0826. The summed E-state index contributed by atoms with van der Waals surface area (Å²) in [6, 6.07) is 74.9. The maximum absolute atomic E-state index is 14.4. The number of carbonyl (C=O) groups excluding carboxylic acids is 4. The van der Waals surface area contributed by atoms with Gasteiger partial charge in [-0.1, -0.05) is 138 Å². The van der Waals surface area contributed by atoms with E-state index >= 15 is 0 Å². The topological polar surface area (TPSA) is 237 Å². The van der Waals surface area contributed by atoms with Gasteiger partial charge in [-0.15, -0.1) is 0 Å². The quantitative estimate of drug-likeness (QED) is 0.0661. The van der Waals surface area contributed by atoms with Crippen LogP contribution < -0.4 is 21.3 Å². The molecule has 12 aromatic heterocycles. The highest BCUT2D eigenvalue weighted by Gasteiger charge is 2.24. The van der Waals surface area contributed by atoms with Crippen LogP contribution in [0.25, 0.3) is 112 Å². The smallest absolute Gasteiger partial charge is 0.257 e. The van der Waals surface area contributed by atoms with Gasteiger partial charge in [-0.3, -0.25) is 56.7 Å². The number of anilines is 4. The van der Waals surface area contributed by atoms with Gasteiger partial charge in [0.15, 0.2) is 11.6 Å². The summed E-state index contributed by atoms with van der Waals surface area (Å²) in [6.45, 7) is 17.3. The number of imidazole rings is 4. The Hall–Kier alpha value is -17.4. The molecule has 20 aromatic rings. The van der Waals surface area contributed by atoms with Gasteiger partial charge in [0, 0.05) is 128 Å². The minimum Gasteiger partial charge on any atom is -0.322 e. The van der Waals surface area contributed by atoms with Crippen molar-refractivity contribution in [1.29, 1.82) is 0 Å². The third-order valence-electron chi connectivity index (χ3n) is 22.9. The normalized spacial score (nSPS) is 11.0. The van der Waals surface area contributed by atoms with Gasteiger partial charge in [0.2, 0.25) is 0 Å². The number of carbonyl (C=O) groups is 4. The molecule has 0 radical (unpaired) electrons. The minimum atomic E-state index is -0.951. The van der Waals surface area contributed by atoms with Crippen molar-refractivity contribution in [3.05, 3.63) is 431 Å². The molecule has 134 heavy (non-hydrogen) atoms. The van der Waals surface area contributed by atoms with Crippen molar-refractivity contribution in [2.24, 2.45) is 0 Å². The van der Waals surface area contributed by atoms with Crippen LogP contribution in [0.1, 0.15) is 92.0 Å². The molecular formula is C109H85F5N16O4. The Bertz CT molecular complexity index is 7720. The number of rotatable bonds is 16. The Morgan fingerprint density at radius 2 is 0.552 bits per heavy atom. The van der Waals surface area contributed by atoms with Crippen LogP contribution in [0, 0.1) is 91.4 Å². The Morgan fingerprint density at radius 1 is 0.246 bits per heavy atom. The third kappa shape index (κ3) is 19.1. The van der Waals surface area contributed by atoms with E-state index in [9.17, 15) is 41.1 Å². The molecule has 8 aromatic carbocycles. The summed E-state index contributed by atoms with van der Waals surface area (Å²) in [5.41, 5.74) is 24.5. The maximum atomic E-state index is 14.4. The number of amides is 4. The summed E-state index contributed by atoms with van der Waals surface area (Å²) in [5.74, 6) is -2.13. The van der Waals surface area contributed by atoms with E-state index in [1.165, 1.54) is 29.8 Å². The number of nitrogens with zero attached hydrogens (tertiary/aromatic N) is 12. The van der Waals surface area contributed by atoms with Crippen molar-refractivity contribution in [1.82, 2.24) is 57.5 Å². The van der Waals surface area contributed by atoms with E-state index in [2.05, 4.69) is 79.6 Å². The number of pyridine rings is 8. The number of benzene rings is 8. The van der Waals surface area contributed by atoms with Crippen LogP contribution in [0.15, 0.2) is 329 Å². The molecule has 0 bridgehead atoms. The lowest BCUT2D eigenvalue weighted by Crippen LogP contribution is -2.14. The average Bonchev–Trinajstić information content (AvgIpc) is 1.49. The van der Waals surface area contributed by atoms with Crippen molar-refractivity contribution in [2.75, 3.05) is 21.3 Å². The lowest BCUT2D eigenvalue weighted by molar-refractivity contribution is 0.101. The van der Waals surface area contributed by atoms with Gasteiger partial charge in [0.1, 0.15) is 40.7 Å². The van der Waals surface area contributed by atoms with Gasteiger partial charge in [0.05, 0.1) is 103 Å². The number of nitrogens with one attached hydrogen (secondary N) is 4. The van der Waals surface area contributed by atoms with Gasteiger partial charge in [-0.2, -0.15) is 0 Å². The van der Waals surface area contributed by atoms with Crippen LogP contribution in [-0.2, 0) is 0 Å². The lowest BCUT2D eigenvalue weighted by atomic mass is 10.0. The van der Waals surface area contributed by atoms with Crippen LogP contribution in [-0.4, -0.2) is 81.1 Å². The second-order valence-electron chi connectivity index (χ2n) is 32.3. The number of hydrogen-bond donors (Lipinski definition) is 4. The Balaban J connectivity index is 0.000000124. The number of aromatic nitrogens is 12. The molecule has 0 fully saturated rings. The van der Waals surface area contributed by atoms with E-state index in [0.717, 1.165) is 114 Å². The molecule has 0 saturated heterocycles. The summed E-state index contributed by atoms with van der Waals surface area (Å²) < 4.78 is 77.5. The Morgan fingerprint density at radius 3 is 0.910 bits per heavy atom. The lowest BCUT2D eigenvalue weighted by Gasteiger charge is -2.11. The third-order valence-corrected chi connectivity index (χ3v) is 22.9. The van der Waals surface area contributed by atoms with Crippen molar-refractivity contribution >= 4 is 68.4 Å². The zero-order valence-electron chi connectivity index (χ0n) is 74.1. The standard InChI is InChI=1S/C28H24N4O.2C27H20F2N4O.C27H21FN4O/c1-18-10-12-22(13-11-18)31-28(33)25-15-21(16-29-20(25)3)24-9-6-14-32-26(24)17-30-27(32)23-8-5-4-7-19(23)2;1-16-8-10-19(11-9-16)32-27(34)22-13-18(14-30-17(22)2)20-6-4-12-33-24(20)15-31-26(33)21-5-3-7-23(28)25(21)29;1-16-5-8-20(9-6-16)32-27(34)22-12-18(14-30-17(22)2)21-4-3-11-33-25(21)15-31-26(33)23-13-19(28)7-10-24(23)29;1-17-8-10-22(11-9-17)31-27(33)24-14-20(15-29-18(24)2)23-7-4-12-32-25(23)16-30-26(32)19-5-3-6-21(28)13-19/h4-17H,1-3H3,(H,31,33);2*3-15H,1-2H3,(H,32,34);3-16H,1-2H3,(H,31,33). The van der Waals surface area contributed by atoms with E-state index in [0.29, 0.717) is 90.0 Å². The van der Waals surface area contributed by atoms with E-state index in [1.807, 2.05) is 235 Å². The molecule has 0 aliphatic rings. The van der Waals surface area contributed by atoms with E-state index in [4.69, 9.17) is 4.98 Å². The summed E-state index contributed by atoms with van der Waals surface area (Å²) in [5, 5.41) is 11.7. The number of fused-ring (bicyclic) bond motifs is 4. The predicted molar refractivity (Wildman–Crippen MR) is 515 cm³/mol. The average molecular weight is 1780 g/mol. The van der Waals surface area contributed by atoms with E-state index in [-0.39, 0.29) is 52.2 Å². The zero-order chi connectivity index (χ0) is 93.5. The van der Waals surface area contributed by atoms with Crippen LogP contribution in [0.4, 0.5) is 44.7 Å². The van der Waals surface area contributed by atoms with Crippen LogP contribution in [0.5, 0.6) is 0 Å². The minimum absolute atomic E-state index is 0.0670. The van der Waals surface area contributed by atoms with Crippen molar-refractivity contribution in [3.8, 4) is 90.1 Å². The van der Waals surface area contributed by atoms with Crippen LogP contribution in [0.3, 0.4) is 0 Å². The molecule has 0 aliphatic carbocycles. The van der Waals surface area contributed by atoms with E-state index < -0.39 is 23.3 Å². The Kier molecular flexibility index (Phi) is 25.5. The number of halogens is 5. The van der Waals surface area contributed by atoms with Gasteiger partial charge >= 0.3 is 0 Å². The van der Waals surface area contributed by atoms with Gasteiger partial charge in [-0.25, -0.2) is 41.9 Å². The van der Waals surface area contributed by atoms with E-state index in [1.54, 1.807) is 103 Å². The molecule has 0 saturated carbocycles. The first-order chi connectivity index (χ1) is 64.8. The van der Waals surface area contributed by atoms with Crippen molar-refractivity contribution in [3.63, 3.8) is 0 Å². The molecule has 20 nitrogen and oxygen atoms in total. The molecule has 12 heterocycles. The molecule has 0 unspecified atom stereocenters. The van der Waals surface area contributed by atoms with Crippen LogP contribution >= 0.6 is 0 Å². The molecule has 4 amide bonds. The summed E-state index contributed by atoms with van der Waals surface area (Å²) in [7, 11) is 0. The number of hydrogen-bond acceptors (Lipinski definition) is 12. The molecule has 0 atom stereocenters. The fourth-order valence-corrected chi connectivity index (χ4v) is 15.7. The first-order valence-corrected chi connectivity index (χ1v) is 42.8. The predicted octanol–water partition coefficient (Wildman–Crippen LogP) is 24.7. The van der Waals surface area contributed by atoms with Gasteiger partial charge in [0.25, 0.3) is 23.6 Å². The maximum Gasteiger partial charge on any atom is 0.257 e. The molecular weight excluding hydrogens is 1690 g/mol. The fourth-order valence-electron chi connectivity index (χ4n) is 15.7. The highest BCUT2D eigenvalue weighted by atomic mass is 19.2. The summed E-state index contributed by atoms with van der Waals surface area (Å²) in [4.78, 5) is 87.8. The monoisotopic (exact) mass is 1780 g/mol. The first-order valence-electron chi connectivity index (χ1n) is 42.8. The first kappa shape index (κ1) is 88.7. The highest BCUT2D eigenvalue weighted by molar-refractivity contribution is 6.09. The van der Waals surface area contributed by atoms with Gasteiger partial charge in [-0.05, 0) is 207 Å². The van der Waals surface area contributed by atoms with Crippen molar-refractivity contribution < 1.29 is 41.1 Å². The SMILES string of the molecule is Cc1ccc(NC(=O)c2cc(-c3cccn4c(-c5cc(F)ccc5F)ncc34)cnc2C)cc1.Cc1ccc(NC(=O)c2cc(-c3cccn4c(-c5cccc(F)c5)ncc34)cnc2C)cc1.Cc1ccc(NC(=O)c2cc(-c3cccn4c(-c5cccc(F)c5F)ncc34)cnc2C)cc1.Cc1ccc(NC(=O)c2cc(-c3cccn4c(-c5ccccc5C)ncc34)cnc2C)cc1. The largest absolute Gasteiger partial charge is 0.322 e. The highest BCUT2D eigenvalue weighted by Crippen LogP contribution is 2.37. The Labute approximate surface area is 767 Å². The van der Waals surface area contributed by atoms with Crippen molar-refractivity contribution in [2.45, 2.75) is 62.3 Å². The van der Waals surface area contributed by atoms with Crippen LogP contribution in [0.2, 0.25) is 0 Å². The molecule has 4 N–H and O–H groups in total.